The molecule has 10 rings (SSSR count). The van der Waals surface area contributed by atoms with Gasteiger partial charge in [-0.25, -0.2) is 19.9 Å². The summed E-state index contributed by atoms with van der Waals surface area (Å²) in [6, 6.07) is 31.8. The number of benzene rings is 4. The number of imidazole rings is 3. The van der Waals surface area contributed by atoms with Crippen molar-refractivity contribution in [1.29, 1.82) is 10.7 Å². The van der Waals surface area contributed by atoms with Gasteiger partial charge in [-0.15, -0.1) is 0 Å². The molecular weight excluding hydrogens is 939 g/mol. The average Bonchev–Trinajstić information content (AvgIpc) is 4.22. The second-order valence-corrected chi connectivity index (χ2v) is 16.5. The number of aromatic amines is 2. The van der Waals surface area contributed by atoms with Gasteiger partial charge in [-0.2, -0.15) is 5.26 Å². The number of nitriles is 1. The van der Waals surface area contributed by atoms with Crippen molar-refractivity contribution >= 4 is 67.2 Å². The number of oxazole rings is 1. The molecule has 4 aromatic carbocycles. The number of nitrogens with zero attached hydrogens (tertiary/aromatic N) is 9. The number of carbonyl (C=O) groups is 3. The van der Waals surface area contributed by atoms with Gasteiger partial charge >= 0.3 is 0 Å². The maximum Gasteiger partial charge on any atom is 0.246 e. The van der Waals surface area contributed by atoms with E-state index in [9.17, 15) is 14.4 Å². The number of likely N-dealkylation sites (tertiary alicyclic amines) is 1. The van der Waals surface area contributed by atoms with Gasteiger partial charge in [-0.05, 0) is 86.9 Å². The van der Waals surface area contributed by atoms with Gasteiger partial charge in [0.25, 0.3) is 0 Å². The van der Waals surface area contributed by atoms with Crippen LogP contribution in [0.4, 0.5) is 5.69 Å². The Balaban J connectivity index is 0.000000289. The molecule has 1 saturated heterocycles. The Bertz CT molecular complexity index is 3050. The molecule has 0 radical (unpaired) electrons. The second-order valence-electron chi connectivity index (χ2n) is 16.1. The Morgan fingerprint density at radius 1 is 0.913 bits per heavy atom. The molecular formula is C51H50BrN13O4. The third kappa shape index (κ3) is 12.4. The van der Waals surface area contributed by atoms with E-state index in [-0.39, 0.29) is 29.9 Å². The molecule has 0 aliphatic carbocycles. The van der Waals surface area contributed by atoms with Gasteiger partial charge in [-0.1, -0.05) is 66.7 Å². The van der Waals surface area contributed by atoms with E-state index in [2.05, 4.69) is 46.2 Å². The first-order valence-corrected chi connectivity index (χ1v) is 22.7. The van der Waals surface area contributed by atoms with Crippen molar-refractivity contribution in [2.75, 3.05) is 26.0 Å². The van der Waals surface area contributed by atoms with Crippen LogP contribution in [-0.4, -0.2) is 99.1 Å². The number of ketones is 1. The first-order chi connectivity index (χ1) is 33.5. The molecule has 0 spiro atoms. The van der Waals surface area contributed by atoms with Crippen LogP contribution in [0.25, 0.3) is 33.6 Å². The monoisotopic (exact) mass is 987 g/mol. The van der Waals surface area contributed by atoms with Gasteiger partial charge in [0.15, 0.2) is 11.4 Å². The number of halogens is 1. The highest BCUT2D eigenvalue weighted by Crippen LogP contribution is 2.31. The summed E-state index contributed by atoms with van der Waals surface area (Å²) in [7, 11) is 3.76. The van der Waals surface area contributed by atoms with Crippen LogP contribution in [0.2, 0.25) is 0 Å². The predicted molar refractivity (Wildman–Crippen MR) is 267 cm³/mol. The molecule has 17 nitrogen and oxygen atoms in total. The zero-order valence-electron chi connectivity index (χ0n) is 38.1. The van der Waals surface area contributed by atoms with E-state index < -0.39 is 12.1 Å². The Hall–Kier alpha value is -8.27. The number of hydrogen-bond donors (Lipinski definition) is 4. The Kier molecular flexibility index (Phi) is 16.5. The number of H-pyrrole nitrogens is 2. The smallest absolute Gasteiger partial charge is 0.246 e. The third-order valence-corrected chi connectivity index (χ3v) is 11.3. The molecule has 3 atom stereocenters. The van der Waals surface area contributed by atoms with Crippen molar-refractivity contribution in [2.45, 2.75) is 44.2 Å². The number of hydrogen-bond acceptors (Lipinski definition) is 11. The lowest BCUT2D eigenvalue weighted by Crippen LogP contribution is -2.43. The van der Waals surface area contributed by atoms with E-state index in [1.165, 1.54) is 0 Å². The van der Waals surface area contributed by atoms with Gasteiger partial charge in [0.2, 0.25) is 23.7 Å². The van der Waals surface area contributed by atoms with E-state index in [0.717, 1.165) is 34.0 Å². The number of aromatic nitrogens is 8. The molecule has 1 aliphatic heterocycles. The quantitative estimate of drug-likeness (QED) is 0.0753. The van der Waals surface area contributed by atoms with Gasteiger partial charge in [0.1, 0.15) is 34.9 Å². The van der Waals surface area contributed by atoms with Crippen LogP contribution in [0.3, 0.4) is 0 Å². The Morgan fingerprint density at radius 2 is 1.59 bits per heavy atom. The van der Waals surface area contributed by atoms with Crippen LogP contribution in [0.5, 0.6) is 0 Å². The van der Waals surface area contributed by atoms with E-state index in [1.54, 1.807) is 81.2 Å². The summed E-state index contributed by atoms with van der Waals surface area (Å²) in [5.74, 6) is 0.365. The maximum absolute atomic E-state index is 13.5. The van der Waals surface area contributed by atoms with Crippen molar-refractivity contribution in [3.63, 3.8) is 0 Å². The van der Waals surface area contributed by atoms with Crippen LogP contribution >= 0.6 is 15.9 Å². The molecule has 6 heterocycles. The fourth-order valence-corrected chi connectivity index (χ4v) is 7.99. The molecule has 0 saturated carbocycles. The largest absolute Gasteiger partial charge is 0.435 e. The average molecular weight is 989 g/mol. The summed E-state index contributed by atoms with van der Waals surface area (Å²) >= 11 is 2.45. The first-order valence-electron chi connectivity index (χ1n) is 21.9. The summed E-state index contributed by atoms with van der Waals surface area (Å²) in [6.45, 7) is 2.52. The van der Waals surface area contributed by atoms with Gasteiger partial charge in [-0.3, -0.25) is 33.8 Å². The number of amides is 2. The summed E-state index contributed by atoms with van der Waals surface area (Å²) in [6.07, 6.45) is 16.7. The Morgan fingerprint density at radius 3 is 2.19 bits per heavy atom. The molecule has 1 fully saturated rings. The number of fused-ring (bicyclic) bond motifs is 2. The summed E-state index contributed by atoms with van der Waals surface area (Å²) in [5.41, 5.74) is 6.21. The SMILES string of the molecule is C[C@@H](C(=O)N1CCC[C@H]1C(=O)Cc1ccc2[nH]c(-c3nc4cc(NC(=O)[C@@H](c5ccccc5)N(C)C)ccc4o3)cc2c1)c1ccccc1.N#CBr.N=C(n1ccnc1)n1ccnc1.c1c[nH]cn1. The van der Waals surface area contributed by atoms with Crippen molar-refractivity contribution in [3.05, 3.63) is 176 Å². The Labute approximate surface area is 406 Å². The minimum atomic E-state index is -0.445. The maximum atomic E-state index is 13.5. The topological polar surface area (TPSA) is 224 Å². The fraction of sp³-hybridized carbons (Fsp3) is 0.196. The fourth-order valence-electron chi connectivity index (χ4n) is 7.99. The van der Waals surface area contributed by atoms with E-state index in [1.807, 2.05) is 123 Å². The second kappa shape index (κ2) is 23.5. The van der Waals surface area contributed by atoms with Crippen LogP contribution in [0, 0.1) is 15.6 Å². The van der Waals surface area contributed by atoms with Crippen LogP contribution < -0.4 is 5.32 Å². The minimum Gasteiger partial charge on any atom is -0.435 e. The number of anilines is 1. The lowest BCUT2D eigenvalue weighted by Gasteiger charge is -2.27. The van der Waals surface area contributed by atoms with Gasteiger partial charge < -0.3 is 24.6 Å². The van der Waals surface area contributed by atoms with E-state index in [4.69, 9.17) is 20.1 Å². The summed E-state index contributed by atoms with van der Waals surface area (Å²) in [5, 5.41) is 18.8. The number of carbonyl (C=O) groups excluding carboxylic acids is 3. The molecule has 5 aromatic heterocycles. The molecule has 69 heavy (non-hydrogen) atoms. The number of Topliss-reactive ketones (excluding diaryl/α,β-unsaturated/α-hetero) is 1. The number of likely N-dealkylation sites (N-methyl/N-ethyl adjacent to an activating group) is 1. The normalized spacial score (nSPS) is 13.7. The highest BCUT2D eigenvalue weighted by Gasteiger charge is 2.36. The number of rotatable bonds is 10. The summed E-state index contributed by atoms with van der Waals surface area (Å²) < 4.78 is 9.29. The zero-order valence-corrected chi connectivity index (χ0v) is 39.7. The molecule has 350 valence electrons. The highest BCUT2D eigenvalue weighted by atomic mass is 79.9. The van der Waals surface area contributed by atoms with Crippen LogP contribution in [0.15, 0.2) is 164 Å². The van der Waals surface area contributed by atoms with Crippen molar-refractivity contribution < 1.29 is 18.8 Å². The van der Waals surface area contributed by atoms with Crippen molar-refractivity contribution in [1.82, 2.24) is 48.8 Å². The van der Waals surface area contributed by atoms with Crippen molar-refractivity contribution in [3.8, 4) is 16.6 Å². The van der Waals surface area contributed by atoms with Crippen molar-refractivity contribution in [2.24, 2.45) is 0 Å². The van der Waals surface area contributed by atoms with Crippen LogP contribution in [-0.2, 0) is 20.8 Å². The van der Waals surface area contributed by atoms with Gasteiger partial charge in [0, 0.05) is 82.7 Å². The molecule has 0 unspecified atom stereocenters. The molecule has 2 amide bonds. The molecule has 9 aromatic rings. The zero-order chi connectivity index (χ0) is 48.7. The standard InChI is InChI=1S/C40H39N5O4.C7H7N5.C3H4N2.CBrN/c1-25(27-11-6-4-7-12-27)40(48)45-20-10-15-34(45)35(46)22-26-16-18-31-29(21-26)23-33(42-31)39-43-32-24-30(17-19-36(32)49-39)41-38(47)37(44(2)3)28-13-8-5-9-14-28;8-7(11-3-1-9-5-11)12-4-2-10-6-12;1-2-5-3-4-1;2-1-3/h4-9,11-14,16-19,21,23-25,34,37,42H,10,15,20,22H2,1-3H3,(H,41,47);1-6,8H;1-3H,(H,4,5);/t25-,34+,37-;;;/m1.../s1. The van der Waals surface area contributed by atoms with E-state index >= 15 is 0 Å². The molecule has 0 bridgehead atoms. The predicted octanol–water partition coefficient (Wildman–Crippen LogP) is 8.81. The third-order valence-electron chi connectivity index (χ3n) is 11.3. The highest BCUT2D eigenvalue weighted by molar-refractivity contribution is 9.12. The lowest BCUT2D eigenvalue weighted by atomic mass is 9.97. The summed E-state index contributed by atoms with van der Waals surface area (Å²) in [4.78, 5) is 67.6. The van der Waals surface area contributed by atoms with Crippen LogP contribution in [0.1, 0.15) is 48.4 Å². The molecule has 1 aliphatic rings. The lowest BCUT2D eigenvalue weighted by molar-refractivity contribution is -0.138. The molecule has 4 N–H and O–H groups in total. The number of nitrogens with one attached hydrogen (secondary N) is 4. The minimum absolute atomic E-state index is 0.00515. The molecule has 18 heteroatoms. The first kappa shape index (κ1) is 48.7. The van der Waals surface area contributed by atoms with E-state index in [0.29, 0.717) is 47.3 Å². The van der Waals surface area contributed by atoms with Gasteiger partial charge in [0.05, 0.1) is 18.3 Å².